The van der Waals surface area contributed by atoms with Gasteiger partial charge in [-0.1, -0.05) is 51.5 Å². The van der Waals surface area contributed by atoms with Crippen LogP contribution in [0, 0.1) is 5.92 Å². The van der Waals surface area contributed by atoms with E-state index in [0.29, 0.717) is 5.92 Å². The van der Waals surface area contributed by atoms with Crippen LogP contribution in [-0.4, -0.2) is 12.0 Å². The zero-order valence-electron chi connectivity index (χ0n) is 18.0. The number of anilines is 1. The van der Waals surface area contributed by atoms with Crippen molar-refractivity contribution in [1.82, 2.24) is 4.98 Å². The Hall–Kier alpha value is -2.07. The summed E-state index contributed by atoms with van der Waals surface area (Å²) in [7, 11) is 2.17. The van der Waals surface area contributed by atoms with Crippen LogP contribution in [0.5, 0.6) is 0 Å². The van der Waals surface area contributed by atoms with E-state index in [1.807, 2.05) is 24.5 Å². The fraction of sp³-hybridized carbons (Fsp3) is 0.480. The first-order valence-corrected chi connectivity index (χ1v) is 11.7. The quantitative estimate of drug-likeness (QED) is 0.554. The molecule has 0 unspecified atom stereocenters. The van der Waals surface area contributed by atoms with Crippen LogP contribution in [-0.2, 0) is 0 Å². The van der Waals surface area contributed by atoms with Gasteiger partial charge < -0.3 is 10.6 Å². The maximum absolute atomic E-state index is 5.10. The summed E-state index contributed by atoms with van der Waals surface area (Å²) in [4.78, 5) is 8.21. The predicted octanol–water partition coefficient (Wildman–Crippen LogP) is 7.09. The van der Waals surface area contributed by atoms with E-state index in [9.17, 15) is 0 Å². The number of hydrogen-bond acceptors (Lipinski definition) is 4. The van der Waals surface area contributed by atoms with Crippen LogP contribution >= 0.6 is 11.3 Å². The highest BCUT2D eigenvalue weighted by Crippen LogP contribution is 2.43. The lowest BCUT2D eigenvalue weighted by atomic mass is 9.87. The molecule has 0 atom stereocenters. The number of benzene rings is 1. The highest BCUT2D eigenvalue weighted by molar-refractivity contribution is 7.15. The van der Waals surface area contributed by atoms with E-state index in [0.717, 1.165) is 18.0 Å². The number of thiazole rings is 1. The molecule has 2 aliphatic carbocycles. The summed E-state index contributed by atoms with van der Waals surface area (Å²) >= 11 is 1.86. The van der Waals surface area contributed by atoms with Gasteiger partial charge in [0.05, 0.1) is 9.88 Å². The summed E-state index contributed by atoms with van der Waals surface area (Å²) in [5.41, 5.74) is 9.64. The van der Waals surface area contributed by atoms with Crippen molar-refractivity contribution in [3.05, 3.63) is 60.0 Å². The maximum Gasteiger partial charge on any atom is 0.0962 e. The van der Waals surface area contributed by atoms with Gasteiger partial charge in [-0.2, -0.15) is 0 Å². The minimum absolute atomic E-state index is 0.650. The predicted molar refractivity (Wildman–Crippen MR) is 127 cm³/mol. The van der Waals surface area contributed by atoms with Gasteiger partial charge >= 0.3 is 0 Å². The molecule has 2 N–H and O–H groups in total. The largest absolute Gasteiger partial charge is 0.403 e. The van der Waals surface area contributed by atoms with Crippen molar-refractivity contribution in [2.45, 2.75) is 64.2 Å². The van der Waals surface area contributed by atoms with E-state index in [2.05, 4.69) is 54.4 Å². The molecular weight excluding hydrogens is 374 g/mol. The van der Waals surface area contributed by atoms with Crippen LogP contribution in [0.15, 0.2) is 55.0 Å². The highest BCUT2D eigenvalue weighted by atomic mass is 32.1. The third-order valence-corrected chi connectivity index (χ3v) is 7.14. The summed E-state index contributed by atoms with van der Waals surface area (Å²) in [5.74, 6) is 1.39. The Kier molecular flexibility index (Phi) is 7.54. The molecule has 2 saturated carbocycles. The molecule has 1 heterocycles. The van der Waals surface area contributed by atoms with Crippen molar-refractivity contribution in [3.8, 4) is 10.4 Å². The number of allylic oxidation sites excluding steroid dienone is 2. The lowest BCUT2D eigenvalue weighted by Gasteiger charge is -2.31. The summed E-state index contributed by atoms with van der Waals surface area (Å²) in [6.45, 7) is 9.83. The average Bonchev–Trinajstić information content (AvgIpc) is 3.50. The second-order valence-electron chi connectivity index (χ2n) is 8.28. The Balaban J connectivity index is 0.000000431. The Morgan fingerprint density at radius 1 is 1.17 bits per heavy atom. The van der Waals surface area contributed by atoms with Crippen LogP contribution in [0.4, 0.5) is 5.69 Å². The molecule has 4 heteroatoms. The van der Waals surface area contributed by atoms with Gasteiger partial charge in [-0.25, -0.2) is 4.98 Å². The van der Waals surface area contributed by atoms with Crippen LogP contribution in [0.1, 0.15) is 69.2 Å². The third-order valence-electron chi connectivity index (χ3n) is 5.93. The molecule has 29 heavy (non-hydrogen) atoms. The number of aromatic nitrogens is 1. The third kappa shape index (κ3) is 5.96. The van der Waals surface area contributed by atoms with Crippen molar-refractivity contribution in [2.75, 3.05) is 11.9 Å². The fourth-order valence-electron chi connectivity index (χ4n) is 3.68. The topological polar surface area (TPSA) is 42.2 Å². The van der Waals surface area contributed by atoms with Crippen molar-refractivity contribution in [1.29, 1.82) is 0 Å². The molecule has 4 rings (SSSR count). The first-order chi connectivity index (χ1) is 14.0. The van der Waals surface area contributed by atoms with E-state index in [4.69, 9.17) is 5.73 Å². The first kappa shape index (κ1) is 21.6. The number of nitrogens with zero attached hydrogens (tertiary/aromatic N) is 2. The van der Waals surface area contributed by atoms with E-state index in [1.54, 1.807) is 0 Å². The molecule has 0 saturated heterocycles. The minimum Gasteiger partial charge on any atom is -0.403 e. The second kappa shape index (κ2) is 10.1. The normalized spacial score (nSPS) is 16.6. The monoisotopic (exact) mass is 409 g/mol. The highest BCUT2D eigenvalue weighted by Gasteiger charge is 2.27. The van der Waals surface area contributed by atoms with Crippen LogP contribution in [0.25, 0.3) is 10.4 Å². The molecule has 0 radical (unpaired) electrons. The lowest BCUT2D eigenvalue weighted by Crippen LogP contribution is -2.23. The van der Waals surface area contributed by atoms with E-state index >= 15 is 0 Å². The molecule has 0 aliphatic heterocycles. The molecule has 2 aromatic rings. The van der Waals surface area contributed by atoms with E-state index in [-0.39, 0.29) is 0 Å². The Morgan fingerprint density at radius 2 is 1.86 bits per heavy atom. The van der Waals surface area contributed by atoms with E-state index < -0.39 is 0 Å². The summed E-state index contributed by atoms with van der Waals surface area (Å²) in [6.07, 6.45) is 12.2. The number of rotatable bonds is 6. The van der Waals surface area contributed by atoms with Crippen molar-refractivity contribution < 1.29 is 0 Å². The van der Waals surface area contributed by atoms with Crippen molar-refractivity contribution in [2.24, 2.45) is 11.7 Å². The summed E-state index contributed by atoms with van der Waals surface area (Å²) < 4.78 is 0. The van der Waals surface area contributed by atoms with E-state index in [1.165, 1.54) is 71.8 Å². The summed E-state index contributed by atoms with van der Waals surface area (Å²) in [6, 6.07) is 8.84. The van der Waals surface area contributed by atoms with Crippen molar-refractivity contribution >= 4 is 17.0 Å². The van der Waals surface area contributed by atoms with Gasteiger partial charge in [0.25, 0.3) is 0 Å². The van der Waals surface area contributed by atoms with Gasteiger partial charge in [0, 0.05) is 36.2 Å². The van der Waals surface area contributed by atoms with Gasteiger partial charge in [0.1, 0.15) is 0 Å². The Bertz CT molecular complexity index is 828. The molecule has 3 nitrogen and oxygen atoms in total. The maximum atomic E-state index is 5.10. The Labute approximate surface area is 180 Å². The Morgan fingerprint density at radius 3 is 2.48 bits per heavy atom. The van der Waals surface area contributed by atoms with Crippen molar-refractivity contribution in [3.63, 3.8) is 0 Å². The van der Waals surface area contributed by atoms with Crippen LogP contribution in [0.3, 0.4) is 0 Å². The van der Waals surface area contributed by atoms with Gasteiger partial charge in [0.2, 0.25) is 0 Å². The van der Waals surface area contributed by atoms with Gasteiger partial charge in [-0.05, 0) is 55.7 Å². The van der Waals surface area contributed by atoms with Gasteiger partial charge in [0.15, 0.2) is 0 Å². The minimum atomic E-state index is 0.650. The SMILES string of the molecule is C=C(C1CCCCC1)N(C)c1cccc(-c2cnc(C3CC3)s2)c1.C=C(N)CC. The molecule has 2 aliphatic rings. The molecule has 1 aromatic carbocycles. The van der Waals surface area contributed by atoms with Gasteiger partial charge in [-0.3, -0.25) is 0 Å². The molecule has 1 aromatic heterocycles. The molecule has 156 valence electrons. The standard InChI is InChI=1S/C21H26N2S.C4H9N/c1-15(16-7-4-3-5-8-16)23(2)19-10-6-9-18(13-19)20-14-22-21(24-20)17-11-12-17;1-3-4(2)5/h6,9-10,13-14,16-17H,1,3-5,7-8,11-12H2,2H3;2-3,5H2,1H3. The smallest absolute Gasteiger partial charge is 0.0962 e. The van der Waals surface area contributed by atoms with Gasteiger partial charge in [-0.15, -0.1) is 11.3 Å². The molecule has 0 amide bonds. The molecule has 2 fully saturated rings. The molecule has 0 spiro atoms. The zero-order valence-corrected chi connectivity index (χ0v) is 18.8. The average molecular weight is 410 g/mol. The van der Waals surface area contributed by atoms with Crippen LogP contribution in [0.2, 0.25) is 0 Å². The molecule has 0 bridgehead atoms. The van der Waals surface area contributed by atoms with Crippen LogP contribution < -0.4 is 10.6 Å². The lowest BCUT2D eigenvalue weighted by molar-refractivity contribution is 0.398. The number of hydrogen-bond donors (Lipinski definition) is 1. The second-order valence-corrected chi connectivity index (χ2v) is 9.35. The fourth-order valence-corrected chi connectivity index (χ4v) is 4.77. The number of nitrogens with two attached hydrogens (primary N) is 1. The first-order valence-electron chi connectivity index (χ1n) is 10.9. The summed E-state index contributed by atoms with van der Waals surface area (Å²) in [5, 5.41) is 1.32. The zero-order chi connectivity index (χ0) is 20.8. The molecular formula is C25H35N3S.